The molecule has 0 heterocycles. The summed E-state index contributed by atoms with van der Waals surface area (Å²) in [5.41, 5.74) is 4.86. The van der Waals surface area contributed by atoms with Crippen molar-refractivity contribution < 1.29 is 14.6 Å². The molecule has 17 heavy (non-hydrogen) atoms. The molecule has 102 valence electrons. The van der Waals surface area contributed by atoms with Gasteiger partial charge in [-0.05, 0) is 20.3 Å². The topological polar surface area (TPSA) is 70.6 Å². The summed E-state index contributed by atoms with van der Waals surface area (Å²) in [7, 11) is 0. The van der Waals surface area contributed by atoms with Crippen molar-refractivity contribution in [3.63, 3.8) is 0 Å². The molecule has 5 heteroatoms. The number of aliphatic hydroxyl groups excluding tert-OH is 1. The number of hydrogen-bond donors (Lipinski definition) is 3. The quantitative estimate of drug-likeness (QED) is 0.571. The molecule has 0 aliphatic heterocycles. The van der Waals surface area contributed by atoms with Gasteiger partial charge in [-0.2, -0.15) is 0 Å². The molecular weight excluding hydrogens is 220 g/mol. The van der Waals surface area contributed by atoms with Crippen LogP contribution in [0.1, 0.15) is 47.0 Å². The zero-order chi connectivity index (χ0) is 13.3. The number of amides is 1. The Morgan fingerprint density at radius 2 is 2.12 bits per heavy atom. The second kappa shape index (κ2) is 8.31. The number of rotatable bonds is 8. The van der Waals surface area contributed by atoms with Crippen LogP contribution in [0.25, 0.3) is 0 Å². The van der Waals surface area contributed by atoms with E-state index in [0.717, 1.165) is 19.3 Å². The zero-order valence-electron chi connectivity index (χ0n) is 11.4. The van der Waals surface area contributed by atoms with E-state index in [0.29, 0.717) is 0 Å². The van der Waals surface area contributed by atoms with Crippen LogP contribution in [0.2, 0.25) is 0 Å². The molecule has 0 aromatic rings. The van der Waals surface area contributed by atoms with Crippen molar-refractivity contribution in [3.05, 3.63) is 0 Å². The van der Waals surface area contributed by atoms with Crippen LogP contribution in [0.5, 0.6) is 0 Å². The maximum atomic E-state index is 11.3. The molecule has 0 aromatic carbocycles. The van der Waals surface area contributed by atoms with E-state index < -0.39 is 6.09 Å². The van der Waals surface area contributed by atoms with Gasteiger partial charge in [0.1, 0.15) is 6.61 Å². The molecule has 3 N–H and O–H groups in total. The third kappa shape index (κ3) is 7.99. The average Bonchev–Trinajstić information content (AvgIpc) is 2.31. The van der Waals surface area contributed by atoms with Crippen LogP contribution in [0.15, 0.2) is 0 Å². The van der Waals surface area contributed by atoms with Gasteiger partial charge in [0.25, 0.3) is 0 Å². The summed E-state index contributed by atoms with van der Waals surface area (Å²) in [5.74, 6) is 0. The highest BCUT2D eigenvalue weighted by Crippen LogP contribution is 2.23. The molecule has 0 bridgehead atoms. The Hall–Kier alpha value is -0.810. The largest absolute Gasteiger partial charge is 0.448 e. The SMILES string of the molecule is CCCCC(C)(CO)COC(=O)NNC(C)C. The summed E-state index contributed by atoms with van der Waals surface area (Å²) in [4.78, 5) is 11.3. The molecule has 0 aliphatic rings. The predicted octanol–water partition coefficient (Wildman–Crippen LogP) is 1.81. The van der Waals surface area contributed by atoms with Crippen LogP contribution in [0, 0.1) is 5.41 Å². The van der Waals surface area contributed by atoms with Crippen LogP contribution >= 0.6 is 0 Å². The number of carbonyl (C=O) groups is 1. The van der Waals surface area contributed by atoms with Gasteiger partial charge in [0.05, 0.1) is 6.61 Å². The molecular formula is C12H26N2O3. The van der Waals surface area contributed by atoms with Gasteiger partial charge in [0.2, 0.25) is 0 Å². The van der Waals surface area contributed by atoms with Gasteiger partial charge in [0.15, 0.2) is 0 Å². The van der Waals surface area contributed by atoms with E-state index in [1.807, 2.05) is 20.8 Å². The first-order valence-electron chi connectivity index (χ1n) is 6.22. The van der Waals surface area contributed by atoms with Gasteiger partial charge >= 0.3 is 6.09 Å². The van der Waals surface area contributed by atoms with Crippen molar-refractivity contribution in [2.24, 2.45) is 5.41 Å². The van der Waals surface area contributed by atoms with E-state index in [2.05, 4.69) is 17.8 Å². The lowest BCUT2D eigenvalue weighted by molar-refractivity contribution is 0.0407. The van der Waals surface area contributed by atoms with Crippen molar-refractivity contribution in [1.82, 2.24) is 10.9 Å². The fourth-order valence-electron chi connectivity index (χ4n) is 1.28. The summed E-state index contributed by atoms with van der Waals surface area (Å²) in [6.45, 7) is 8.11. The van der Waals surface area contributed by atoms with Crippen LogP contribution in [0.3, 0.4) is 0 Å². The minimum atomic E-state index is -0.505. The Labute approximate surface area is 104 Å². The van der Waals surface area contributed by atoms with E-state index >= 15 is 0 Å². The number of ether oxygens (including phenoxy) is 1. The number of aliphatic hydroxyl groups is 1. The Bertz CT molecular complexity index is 222. The Balaban J connectivity index is 3.92. The highest BCUT2D eigenvalue weighted by molar-refractivity contribution is 5.66. The van der Waals surface area contributed by atoms with Crippen molar-refractivity contribution in [2.75, 3.05) is 13.2 Å². The Morgan fingerprint density at radius 3 is 2.59 bits per heavy atom. The molecule has 0 spiro atoms. The molecule has 0 radical (unpaired) electrons. The van der Waals surface area contributed by atoms with Gasteiger partial charge in [-0.25, -0.2) is 10.2 Å². The first kappa shape index (κ1) is 16.2. The third-order valence-electron chi connectivity index (χ3n) is 2.53. The molecule has 1 atom stereocenters. The molecule has 0 rings (SSSR count). The standard InChI is InChI=1S/C12H26N2O3/c1-5-6-7-12(4,8-15)9-17-11(16)14-13-10(2)3/h10,13,15H,5-9H2,1-4H3,(H,14,16). The van der Waals surface area contributed by atoms with Crippen molar-refractivity contribution in [3.8, 4) is 0 Å². The number of carbonyl (C=O) groups excluding carboxylic acids is 1. The van der Waals surface area contributed by atoms with E-state index in [9.17, 15) is 9.90 Å². The average molecular weight is 246 g/mol. The van der Waals surface area contributed by atoms with Gasteiger partial charge in [0, 0.05) is 11.5 Å². The number of unbranched alkanes of at least 4 members (excludes halogenated alkanes) is 1. The second-order valence-corrected chi connectivity index (χ2v) is 5.07. The zero-order valence-corrected chi connectivity index (χ0v) is 11.4. The maximum Gasteiger partial charge on any atom is 0.421 e. The predicted molar refractivity (Wildman–Crippen MR) is 67.5 cm³/mol. The summed E-state index contributed by atoms with van der Waals surface area (Å²) < 4.78 is 5.07. The highest BCUT2D eigenvalue weighted by Gasteiger charge is 2.24. The van der Waals surface area contributed by atoms with E-state index in [1.165, 1.54) is 0 Å². The highest BCUT2D eigenvalue weighted by atomic mass is 16.6. The minimum Gasteiger partial charge on any atom is -0.448 e. The minimum absolute atomic E-state index is 0.0257. The Kier molecular flexibility index (Phi) is 7.91. The molecule has 1 unspecified atom stereocenters. The molecule has 5 nitrogen and oxygen atoms in total. The first-order chi connectivity index (χ1) is 7.93. The normalized spacial score (nSPS) is 14.5. The lowest BCUT2D eigenvalue weighted by Crippen LogP contribution is -2.43. The van der Waals surface area contributed by atoms with E-state index in [4.69, 9.17) is 4.74 Å². The maximum absolute atomic E-state index is 11.3. The molecule has 0 saturated carbocycles. The summed E-state index contributed by atoms with van der Waals surface area (Å²) in [6.07, 6.45) is 2.43. The lowest BCUT2D eigenvalue weighted by Gasteiger charge is -2.26. The van der Waals surface area contributed by atoms with Crippen LogP contribution in [-0.2, 0) is 4.74 Å². The van der Waals surface area contributed by atoms with Gasteiger partial charge < -0.3 is 9.84 Å². The van der Waals surface area contributed by atoms with E-state index in [1.54, 1.807) is 0 Å². The van der Waals surface area contributed by atoms with Crippen molar-refractivity contribution in [1.29, 1.82) is 0 Å². The fourth-order valence-corrected chi connectivity index (χ4v) is 1.28. The van der Waals surface area contributed by atoms with Crippen LogP contribution in [-0.4, -0.2) is 30.5 Å². The third-order valence-corrected chi connectivity index (χ3v) is 2.53. The summed E-state index contributed by atoms with van der Waals surface area (Å²) in [5, 5.41) is 9.32. The van der Waals surface area contributed by atoms with Gasteiger partial charge in [-0.1, -0.05) is 26.7 Å². The molecule has 1 amide bonds. The molecule has 0 aliphatic carbocycles. The Morgan fingerprint density at radius 1 is 1.47 bits per heavy atom. The van der Waals surface area contributed by atoms with Gasteiger partial charge in [-0.15, -0.1) is 0 Å². The number of hydrazine groups is 1. The summed E-state index contributed by atoms with van der Waals surface area (Å²) >= 11 is 0. The fraction of sp³-hybridized carbons (Fsp3) is 0.917. The van der Waals surface area contributed by atoms with Crippen LogP contribution in [0.4, 0.5) is 4.79 Å². The molecule has 0 aromatic heterocycles. The van der Waals surface area contributed by atoms with Crippen LogP contribution < -0.4 is 10.9 Å². The molecule has 0 fully saturated rings. The van der Waals surface area contributed by atoms with E-state index in [-0.39, 0.29) is 24.7 Å². The smallest absolute Gasteiger partial charge is 0.421 e. The lowest BCUT2D eigenvalue weighted by atomic mass is 9.87. The van der Waals surface area contributed by atoms with Gasteiger partial charge in [-0.3, -0.25) is 5.43 Å². The number of nitrogens with one attached hydrogen (secondary N) is 2. The second-order valence-electron chi connectivity index (χ2n) is 5.07. The number of hydrogen-bond acceptors (Lipinski definition) is 4. The monoisotopic (exact) mass is 246 g/mol. The first-order valence-corrected chi connectivity index (χ1v) is 6.22. The summed E-state index contributed by atoms with van der Waals surface area (Å²) in [6, 6.07) is 0.159. The van der Waals surface area contributed by atoms with Crippen molar-refractivity contribution >= 4 is 6.09 Å². The van der Waals surface area contributed by atoms with Crippen molar-refractivity contribution in [2.45, 2.75) is 53.0 Å². The molecule has 0 saturated heterocycles.